The summed E-state index contributed by atoms with van der Waals surface area (Å²) < 4.78 is 17.2. The van der Waals surface area contributed by atoms with Gasteiger partial charge in [-0.15, -0.1) is 0 Å². The van der Waals surface area contributed by atoms with E-state index in [0.717, 1.165) is 23.4 Å². The van der Waals surface area contributed by atoms with Gasteiger partial charge in [-0.3, -0.25) is 0 Å². The normalized spacial score (nSPS) is 15.2. The predicted octanol–water partition coefficient (Wildman–Crippen LogP) is 5.45. The van der Waals surface area contributed by atoms with Crippen LogP contribution in [0.15, 0.2) is 71.3 Å². The molecule has 1 saturated heterocycles. The first kappa shape index (κ1) is 22.3. The Kier molecular flexibility index (Phi) is 7.04. The Balaban J connectivity index is 1.36. The number of hydrogen-bond acceptors (Lipinski definition) is 7. The maximum Gasteiger partial charge on any atom is 0.225 e. The molecule has 0 aliphatic carbocycles. The number of benzene rings is 2. The van der Waals surface area contributed by atoms with Crippen LogP contribution in [0, 0.1) is 0 Å². The van der Waals surface area contributed by atoms with Gasteiger partial charge in [-0.1, -0.05) is 49.1 Å². The molecule has 0 unspecified atom stereocenters. The van der Waals surface area contributed by atoms with Gasteiger partial charge in [-0.2, -0.15) is 10.2 Å². The molecule has 32 heavy (non-hydrogen) atoms. The fourth-order valence-electron chi connectivity index (χ4n) is 3.23. The van der Waals surface area contributed by atoms with Crippen molar-refractivity contribution in [2.45, 2.75) is 39.0 Å². The third-order valence-corrected chi connectivity index (χ3v) is 7.17. The highest BCUT2D eigenvalue weighted by Gasteiger charge is 2.22. The fourth-order valence-corrected chi connectivity index (χ4v) is 4.40. The molecule has 7 nitrogen and oxygen atoms in total. The number of rotatable bonds is 7. The summed E-state index contributed by atoms with van der Waals surface area (Å²) in [6.45, 7) is 8.66. The zero-order chi connectivity index (χ0) is 22.4. The van der Waals surface area contributed by atoms with E-state index in [2.05, 4.69) is 52.0 Å². The fraction of sp³-hybridized carbons (Fsp3) is 0.333. The van der Waals surface area contributed by atoms with Crippen LogP contribution < -0.4 is 9.92 Å². The van der Waals surface area contributed by atoms with Gasteiger partial charge in [0.05, 0.1) is 38.2 Å². The third-order valence-electron chi connectivity index (χ3n) is 5.11. The van der Waals surface area contributed by atoms with Crippen molar-refractivity contribution in [3.05, 3.63) is 72.2 Å². The number of nitrogens with zero attached hydrogens (tertiary/aromatic N) is 4. The predicted molar refractivity (Wildman–Crippen MR) is 126 cm³/mol. The van der Waals surface area contributed by atoms with Crippen LogP contribution in [0.3, 0.4) is 0 Å². The molecular formula is C24H28N4O3Si. The van der Waals surface area contributed by atoms with Crippen LogP contribution in [0.25, 0.3) is 0 Å². The first-order valence-electron chi connectivity index (χ1n) is 10.8. The summed E-state index contributed by atoms with van der Waals surface area (Å²) in [6.07, 6.45) is 3.54. The van der Waals surface area contributed by atoms with Gasteiger partial charge in [0.2, 0.25) is 5.88 Å². The van der Waals surface area contributed by atoms with E-state index >= 15 is 0 Å². The van der Waals surface area contributed by atoms with Crippen molar-refractivity contribution in [2.24, 2.45) is 10.2 Å². The van der Waals surface area contributed by atoms with Crippen LogP contribution in [0.1, 0.15) is 23.8 Å². The van der Waals surface area contributed by atoms with Gasteiger partial charge in [0, 0.05) is 6.20 Å². The van der Waals surface area contributed by atoms with E-state index in [4.69, 9.17) is 14.2 Å². The molecule has 2 heterocycles. The molecule has 1 fully saturated rings. The van der Waals surface area contributed by atoms with Crippen molar-refractivity contribution >= 4 is 24.6 Å². The van der Waals surface area contributed by atoms with E-state index in [-0.39, 0.29) is 0 Å². The molecule has 0 bridgehead atoms. The van der Waals surface area contributed by atoms with Gasteiger partial charge in [-0.05, 0) is 36.2 Å². The summed E-state index contributed by atoms with van der Waals surface area (Å²) in [5.74, 6) is 0.470. The van der Waals surface area contributed by atoms with Gasteiger partial charge in [0.25, 0.3) is 0 Å². The minimum absolute atomic E-state index is 0.367. The van der Waals surface area contributed by atoms with Crippen LogP contribution in [0.2, 0.25) is 19.6 Å². The zero-order valence-electron chi connectivity index (χ0n) is 18.7. The van der Waals surface area contributed by atoms with Gasteiger partial charge in [-0.25, -0.2) is 9.97 Å². The van der Waals surface area contributed by atoms with Gasteiger partial charge in [0.15, 0.2) is 6.29 Å². The molecular weight excluding hydrogens is 420 g/mol. The van der Waals surface area contributed by atoms with E-state index in [9.17, 15) is 0 Å². The lowest BCUT2D eigenvalue weighted by Gasteiger charge is -2.24. The quantitative estimate of drug-likeness (QED) is 0.355. The average Bonchev–Trinajstić information content (AvgIpc) is 2.82. The zero-order valence-corrected chi connectivity index (χ0v) is 19.7. The largest absolute Gasteiger partial charge is 0.472 e. The second-order valence-corrected chi connectivity index (χ2v) is 13.7. The highest BCUT2D eigenvalue weighted by atomic mass is 28.3. The molecule has 0 amide bonds. The van der Waals surface area contributed by atoms with Crippen molar-refractivity contribution in [3.8, 4) is 5.88 Å². The molecule has 1 aliphatic heterocycles. The van der Waals surface area contributed by atoms with Crippen molar-refractivity contribution in [1.82, 2.24) is 9.97 Å². The van der Waals surface area contributed by atoms with Crippen molar-refractivity contribution in [1.29, 1.82) is 0 Å². The Morgan fingerprint density at radius 2 is 1.56 bits per heavy atom. The van der Waals surface area contributed by atoms with Gasteiger partial charge < -0.3 is 14.2 Å². The lowest BCUT2D eigenvalue weighted by atomic mass is 10.2. The monoisotopic (exact) mass is 448 g/mol. The summed E-state index contributed by atoms with van der Waals surface area (Å²) in [7, 11) is -1.30. The summed E-state index contributed by atoms with van der Waals surface area (Å²) in [5, 5.41) is 10.1. The molecule has 0 atom stereocenters. The molecule has 8 heteroatoms. The molecule has 3 aromatic rings. The number of azo groups is 1. The lowest BCUT2D eigenvalue weighted by Crippen LogP contribution is -2.37. The van der Waals surface area contributed by atoms with Crippen LogP contribution in [-0.2, 0) is 16.1 Å². The van der Waals surface area contributed by atoms with Crippen LogP contribution in [0.5, 0.6) is 5.88 Å². The first-order chi connectivity index (χ1) is 15.5. The van der Waals surface area contributed by atoms with Gasteiger partial charge in [0.1, 0.15) is 12.9 Å². The van der Waals surface area contributed by atoms with Crippen LogP contribution in [0.4, 0.5) is 11.4 Å². The lowest BCUT2D eigenvalue weighted by molar-refractivity contribution is -0.184. The standard InChI is InChI=1S/C24H28N4O3Si/c1-32(2,3)21-11-9-20(10-12-21)28-27-19-7-5-18(6-8-19)16-31-23-22(15-25-17-26-23)24-29-13-4-14-30-24/h5-12,15,17,24H,4,13-14,16H2,1-3H3. The topological polar surface area (TPSA) is 78.2 Å². The summed E-state index contributed by atoms with van der Waals surface area (Å²) in [5.41, 5.74) is 3.34. The second-order valence-electron chi connectivity index (χ2n) is 8.66. The maximum atomic E-state index is 5.92. The Labute approximate surface area is 189 Å². The number of ether oxygens (including phenoxy) is 3. The van der Waals surface area contributed by atoms with Crippen LogP contribution in [-0.4, -0.2) is 31.3 Å². The van der Waals surface area contributed by atoms with Crippen LogP contribution >= 0.6 is 0 Å². The second kappa shape index (κ2) is 10.1. The molecule has 0 saturated carbocycles. The highest BCUT2D eigenvalue weighted by molar-refractivity contribution is 6.88. The minimum atomic E-state index is -1.30. The first-order valence-corrected chi connectivity index (χ1v) is 14.3. The Morgan fingerprint density at radius 3 is 2.19 bits per heavy atom. The summed E-state index contributed by atoms with van der Waals surface area (Å²) in [6, 6.07) is 16.2. The Morgan fingerprint density at radius 1 is 0.938 bits per heavy atom. The molecule has 166 valence electrons. The highest BCUT2D eigenvalue weighted by Crippen LogP contribution is 2.29. The molecule has 0 spiro atoms. The maximum absolute atomic E-state index is 5.92. The number of hydrogen-bond donors (Lipinski definition) is 0. The summed E-state index contributed by atoms with van der Waals surface area (Å²) in [4.78, 5) is 8.32. The molecule has 2 aromatic carbocycles. The Bertz CT molecular complexity index is 1040. The molecule has 0 radical (unpaired) electrons. The van der Waals surface area contributed by atoms with Crippen molar-refractivity contribution in [3.63, 3.8) is 0 Å². The molecule has 1 aromatic heterocycles. The van der Waals surface area contributed by atoms with E-state index in [1.807, 2.05) is 36.4 Å². The SMILES string of the molecule is C[Si](C)(C)c1ccc(N=Nc2ccc(COc3ncncc3C3OCCCO3)cc2)cc1. The van der Waals surface area contributed by atoms with E-state index in [1.54, 1.807) is 6.20 Å². The molecule has 1 aliphatic rings. The van der Waals surface area contributed by atoms with Gasteiger partial charge >= 0.3 is 0 Å². The van der Waals surface area contributed by atoms with Crippen molar-refractivity contribution in [2.75, 3.05) is 13.2 Å². The smallest absolute Gasteiger partial charge is 0.225 e. The Hall–Kier alpha value is -2.94. The van der Waals surface area contributed by atoms with E-state index < -0.39 is 14.4 Å². The van der Waals surface area contributed by atoms with E-state index in [0.29, 0.717) is 31.3 Å². The molecule has 0 N–H and O–H groups in total. The minimum Gasteiger partial charge on any atom is -0.472 e. The molecule has 4 rings (SSSR count). The third kappa shape index (κ3) is 5.85. The van der Waals surface area contributed by atoms with E-state index in [1.165, 1.54) is 11.5 Å². The van der Waals surface area contributed by atoms with Crippen molar-refractivity contribution < 1.29 is 14.2 Å². The number of aromatic nitrogens is 2. The summed E-state index contributed by atoms with van der Waals surface area (Å²) >= 11 is 0. The average molecular weight is 449 g/mol.